The fourth-order valence-corrected chi connectivity index (χ4v) is 1.44. The predicted octanol–water partition coefficient (Wildman–Crippen LogP) is 2.33. The maximum atomic E-state index is 13.2. The van der Waals surface area contributed by atoms with Gasteiger partial charge in [0.05, 0.1) is 6.54 Å². The molecule has 0 fully saturated rings. The first-order valence-electron chi connectivity index (χ1n) is 4.56. The number of hydrogen-bond acceptors (Lipinski definition) is 2. The number of nitrogens with one attached hydrogen (secondary N) is 1. The van der Waals surface area contributed by atoms with E-state index in [1.165, 1.54) is 6.07 Å². The van der Waals surface area contributed by atoms with Gasteiger partial charge in [-0.25, -0.2) is 4.39 Å². The maximum Gasteiger partial charge on any atom is 0.200 e. The molecule has 0 bridgehead atoms. The highest BCUT2D eigenvalue weighted by molar-refractivity contribution is 9.10. The number of ether oxygens (including phenoxy) is 1. The first-order valence-corrected chi connectivity index (χ1v) is 5.36. The maximum absolute atomic E-state index is 13.2. The molecule has 5 heteroatoms. The first kappa shape index (κ1) is 12.9. The Labute approximate surface area is 101 Å². The van der Waals surface area contributed by atoms with E-state index in [-0.39, 0.29) is 12.4 Å². The van der Waals surface area contributed by atoms with Crippen LogP contribution in [-0.4, -0.2) is 19.7 Å². The Balaban J connectivity index is 2.51. The number of benzene rings is 1. The number of terminal acetylenes is 1. The van der Waals surface area contributed by atoms with Gasteiger partial charge in [0.25, 0.3) is 0 Å². The molecule has 0 radical (unpaired) electrons. The van der Waals surface area contributed by atoms with Gasteiger partial charge in [0.1, 0.15) is 6.61 Å². The topological polar surface area (TPSA) is 21.3 Å². The second kappa shape index (κ2) is 6.46. The summed E-state index contributed by atoms with van der Waals surface area (Å²) >= 11 is 3.05. The Hall–Kier alpha value is -1.12. The molecule has 0 atom stereocenters. The van der Waals surface area contributed by atoms with Gasteiger partial charge in [0, 0.05) is 11.0 Å². The minimum atomic E-state index is -0.986. The van der Waals surface area contributed by atoms with Crippen LogP contribution < -0.4 is 10.1 Å². The first-order chi connectivity index (χ1) is 7.65. The van der Waals surface area contributed by atoms with Crippen molar-refractivity contribution in [3.05, 3.63) is 28.2 Å². The molecule has 0 saturated heterocycles. The fourth-order valence-electron chi connectivity index (χ4n) is 1.03. The third-order valence-corrected chi connectivity index (χ3v) is 2.18. The van der Waals surface area contributed by atoms with E-state index < -0.39 is 11.6 Å². The molecule has 0 amide bonds. The van der Waals surface area contributed by atoms with Crippen LogP contribution in [0.15, 0.2) is 16.6 Å². The van der Waals surface area contributed by atoms with Crippen LogP contribution >= 0.6 is 15.9 Å². The molecule has 1 N–H and O–H groups in total. The molecule has 0 aromatic heterocycles. The lowest BCUT2D eigenvalue weighted by molar-refractivity contribution is 0.295. The average molecular weight is 290 g/mol. The number of hydrogen-bond donors (Lipinski definition) is 1. The van der Waals surface area contributed by atoms with Crippen LogP contribution in [-0.2, 0) is 0 Å². The van der Waals surface area contributed by atoms with E-state index >= 15 is 0 Å². The van der Waals surface area contributed by atoms with Crippen LogP contribution in [0.2, 0.25) is 0 Å². The molecule has 86 valence electrons. The smallest absolute Gasteiger partial charge is 0.200 e. The summed E-state index contributed by atoms with van der Waals surface area (Å²) in [5.41, 5.74) is 0. The molecule has 2 nitrogen and oxygen atoms in total. The van der Waals surface area contributed by atoms with Crippen LogP contribution in [0.5, 0.6) is 5.75 Å². The van der Waals surface area contributed by atoms with E-state index in [9.17, 15) is 8.78 Å². The third kappa shape index (κ3) is 3.80. The van der Waals surface area contributed by atoms with E-state index in [2.05, 4.69) is 27.2 Å². The zero-order valence-electron chi connectivity index (χ0n) is 8.40. The molecule has 0 spiro atoms. The molecule has 0 aliphatic rings. The minimum Gasteiger partial charge on any atom is -0.489 e. The summed E-state index contributed by atoms with van der Waals surface area (Å²) in [5.74, 6) is 0.342. The van der Waals surface area contributed by atoms with Gasteiger partial charge >= 0.3 is 0 Å². The van der Waals surface area contributed by atoms with Crippen molar-refractivity contribution in [1.29, 1.82) is 0 Å². The minimum absolute atomic E-state index is 0.116. The van der Waals surface area contributed by atoms with Crippen molar-refractivity contribution < 1.29 is 13.5 Å². The zero-order chi connectivity index (χ0) is 12.0. The average Bonchev–Trinajstić information content (AvgIpc) is 2.24. The summed E-state index contributed by atoms with van der Waals surface area (Å²) in [7, 11) is 0. The molecule has 0 saturated carbocycles. The molecule has 0 aliphatic heterocycles. The van der Waals surface area contributed by atoms with Crippen molar-refractivity contribution in [3.8, 4) is 18.1 Å². The monoisotopic (exact) mass is 289 g/mol. The number of halogens is 3. The molecule has 16 heavy (non-hydrogen) atoms. The zero-order valence-corrected chi connectivity index (χ0v) is 9.98. The van der Waals surface area contributed by atoms with Crippen LogP contribution in [0.3, 0.4) is 0 Å². The molecule has 0 aliphatic carbocycles. The molecule has 1 rings (SSSR count). The third-order valence-electron chi connectivity index (χ3n) is 1.72. The van der Waals surface area contributed by atoms with Gasteiger partial charge in [-0.05, 0) is 12.1 Å². The van der Waals surface area contributed by atoms with Gasteiger partial charge in [-0.15, -0.1) is 6.42 Å². The van der Waals surface area contributed by atoms with E-state index in [0.29, 0.717) is 17.6 Å². The summed E-state index contributed by atoms with van der Waals surface area (Å²) in [6.45, 7) is 1.10. The lowest BCUT2D eigenvalue weighted by Crippen LogP contribution is -2.21. The SMILES string of the molecule is C#CCNCCOc1cc(Br)cc(F)c1F. The second-order valence-corrected chi connectivity index (χ2v) is 3.84. The largest absolute Gasteiger partial charge is 0.489 e. The molecular weight excluding hydrogens is 280 g/mol. The van der Waals surface area contributed by atoms with Crippen molar-refractivity contribution in [2.24, 2.45) is 0 Å². The highest BCUT2D eigenvalue weighted by Crippen LogP contribution is 2.25. The van der Waals surface area contributed by atoms with Gasteiger partial charge in [0.2, 0.25) is 5.82 Å². The van der Waals surface area contributed by atoms with Crippen molar-refractivity contribution in [3.63, 3.8) is 0 Å². The van der Waals surface area contributed by atoms with Crippen molar-refractivity contribution in [2.45, 2.75) is 0 Å². The lowest BCUT2D eigenvalue weighted by atomic mass is 10.3. The van der Waals surface area contributed by atoms with Crippen molar-refractivity contribution in [2.75, 3.05) is 19.7 Å². The highest BCUT2D eigenvalue weighted by Gasteiger charge is 2.10. The summed E-state index contributed by atoms with van der Waals surface area (Å²) in [4.78, 5) is 0. The Morgan fingerprint density at radius 1 is 1.44 bits per heavy atom. The molecule has 1 aromatic rings. The summed E-state index contributed by atoms with van der Waals surface area (Å²) in [6, 6.07) is 2.42. The van der Waals surface area contributed by atoms with Gasteiger partial charge in [-0.2, -0.15) is 4.39 Å². The summed E-state index contributed by atoms with van der Waals surface area (Å²) in [5, 5.41) is 2.86. The van der Waals surface area contributed by atoms with E-state index in [0.717, 1.165) is 6.07 Å². The van der Waals surface area contributed by atoms with E-state index in [1.807, 2.05) is 0 Å². The lowest BCUT2D eigenvalue weighted by Gasteiger charge is -2.08. The van der Waals surface area contributed by atoms with Crippen LogP contribution in [0.4, 0.5) is 8.78 Å². The van der Waals surface area contributed by atoms with Gasteiger partial charge in [0.15, 0.2) is 11.6 Å². The highest BCUT2D eigenvalue weighted by atomic mass is 79.9. The number of rotatable bonds is 5. The summed E-state index contributed by atoms with van der Waals surface area (Å²) in [6.07, 6.45) is 5.02. The van der Waals surface area contributed by atoms with Crippen molar-refractivity contribution >= 4 is 15.9 Å². The van der Waals surface area contributed by atoms with Gasteiger partial charge < -0.3 is 10.1 Å². The second-order valence-electron chi connectivity index (χ2n) is 2.93. The Bertz CT molecular complexity index is 404. The molecule has 1 aromatic carbocycles. The van der Waals surface area contributed by atoms with E-state index in [1.54, 1.807) is 0 Å². The van der Waals surface area contributed by atoms with Gasteiger partial charge in [-0.1, -0.05) is 21.9 Å². The Morgan fingerprint density at radius 2 is 2.19 bits per heavy atom. The van der Waals surface area contributed by atoms with Crippen LogP contribution in [0.25, 0.3) is 0 Å². The Kier molecular flexibility index (Phi) is 5.23. The molecule has 0 unspecified atom stereocenters. The molecule has 0 heterocycles. The van der Waals surface area contributed by atoms with Crippen LogP contribution in [0, 0.1) is 24.0 Å². The van der Waals surface area contributed by atoms with Gasteiger partial charge in [-0.3, -0.25) is 0 Å². The summed E-state index contributed by atoms with van der Waals surface area (Å²) < 4.78 is 31.6. The fraction of sp³-hybridized carbons (Fsp3) is 0.273. The van der Waals surface area contributed by atoms with Crippen LogP contribution in [0.1, 0.15) is 0 Å². The molecular formula is C11H10BrF2NO. The quantitative estimate of drug-likeness (QED) is 0.510. The standard InChI is InChI=1S/C11H10BrF2NO/c1-2-3-15-4-5-16-10-7-8(12)6-9(13)11(10)14/h1,6-7,15H,3-5H2. The van der Waals surface area contributed by atoms with E-state index in [4.69, 9.17) is 11.2 Å². The van der Waals surface area contributed by atoms with Crippen molar-refractivity contribution in [1.82, 2.24) is 5.32 Å². The predicted molar refractivity (Wildman–Crippen MR) is 61.3 cm³/mol. The normalized spacial score (nSPS) is 9.88. The Morgan fingerprint density at radius 3 is 2.88 bits per heavy atom.